The van der Waals surface area contributed by atoms with Gasteiger partial charge in [0.1, 0.15) is 11.8 Å². The van der Waals surface area contributed by atoms with Crippen LogP contribution in [0.25, 0.3) is 11.2 Å². The summed E-state index contributed by atoms with van der Waals surface area (Å²) in [7, 11) is 0. The van der Waals surface area contributed by atoms with E-state index >= 15 is 0 Å². The molecular formula is C9H11N5O. The van der Waals surface area contributed by atoms with E-state index in [0.29, 0.717) is 23.5 Å². The molecule has 2 aromatic heterocycles. The Labute approximate surface area is 86.1 Å². The molecule has 0 saturated heterocycles. The number of nitrogens with two attached hydrogens (primary N) is 1. The molecule has 0 saturated carbocycles. The van der Waals surface area contributed by atoms with Crippen molar-refractivity contribution in [3.8, 4) is 0 Å². The smallest absolute Gasteiger partial charge is 0.165 e. The summed E-state index contributed by atoms with van der Waals surface area (Å²) in [5, 5.41) is 9.42. The van der Waals surface area contributed by atoms with Gasteiger partial charge in [-0.15, -0.1) is 6.58 Å². The van der Waals surface area contributed by atoms with Crippen molar-refractivity contribution in [3.05, 3.63) is 25.3 Å². The fourth-order valence-electron chi connectivity index (χ4n) is 1.31. The molecule has 15 heavy (non-hydrogen) atoms. The fraction of sp³-hybridized carbons (Fsp3) is 0.222. The minimum Gasteiger partial charge on any atom is -0.387 e. The average Bonchev–Trinajstić information content (AvgIpc) is 2.63. The first-order valence-corrected chi connectivity index (χ1v) is 4.44. The lowest BCUT2D eigenvalue weighted by Crippen LogP contribution is -2.12. The number of nitrogen functional groups attached to an aromatic ring is 1. The third kappa shape index (κ3) is 1.66. The number of aliphatic hydroxyl groups excluding tert-OH is 1. The Morgan fingerprint density at radius 3 is 3.07 bits per heavy atom. The summed E-state index contributed by atoms with van der Waals surface area (Å²) in [5.74, 6) is 0.340. The zero-order chi connectivity index (χ0) is 10.8. The SMILES string of the molecule is C=C[C@@H](O)Cn1cnc2c(N)ncnc21. The van der Waals surface area contributed by atoms with Crippen LogP contribution in [0.2, 0.25) is 0 Å². The molecule has 2 aromatic rings. The van der Waals surface area contributed by atoms with Crippen LogP contribution >= 0.6 is 0 Å². The van der Waals surface area contributed by atoms with Gasteiger partial charge in [-0.05, 0) is 0 Å². The van der Waals surface area contributed by atoms with Crippen molar-refractivity contribution in [1.82, 2.24) is 19.5 Å². The van der Waals surface area contributed by atoms with Crippen molar-refractivity contribution in [3.63, 3.8) is 0 Å². The molecule has 0 aliphatic heterocycles. The van der Waals surface area contributed by atoms with Crippen LogP contribution in [-0.4, -0.2) is 30.7 Å². The van der Waals surface area contributed by atoms with Gasteiger partial charge in [-0.2, -0.15) is 0 Å². The van der Waals surface area contributed by atoms with Crippen LogP contribution in [0, 0.1) is 0 Å². The predicted octanol–water partition coefficient (Wildman–Crippen LogP) is -0.0446. The number of hydrogen-bond donors (Lipinski definition) is 2. The number of hydrogen-bond acceptors (Lipinski definition) is 5. The topological polar surface area (TPSA) is 89.8 Å². The molecule has 0 aliphatic rings. The second-order valence-electron chi connectivity index (χ2n) is 3.13. The van der Waals surface area contributed by atoms with Crippen molar-refractivity contribution in [2.24, 2.45) is 0 Å². The quantitative estimate of drug-likeness (QED) is 0.686. The molecule has 0 bridgehead atoms. The van der Waals surface area contributed by atoms with Crippen LogP contribution in [0.5, 0.6) is 0 Å². The number of rotatable bonds is 3. The first-order valence-electron chi connectivity index (χ1n) is 4.44. The molecule has 1 atom stereocenters. The van der Waals surface area contributed by atoms with E-state index in [1.54, 1.807) is 10.9 Å². The van der Waals surface area contributed by atoms with E-state index < -0.39 is 6.10 Å². The van der Waals surface area contributed by atoms with Crippen LogP contribution in [-0.2, 0) is 6.54 Å². The zero-order valence-corrected chi connectivity index (χ0v) is 8.04. The minimum absolute atomic E-state index is 0.340. The molecule has 2 heterocycles. The maximum atomic E-state index is 9.42. The second-order valence-corrected chi connectivity index (χ2v) is 3.13. The Kier molecular flexibility index (Phi) is 2.34. The Balaban J connectivity index is 2.45. The van der Waals surface area contributed by atoms with Crippen LogP contribution in [0.1, 0.15) is 0 Å². The van der Waals surface area contributed by atoms with E-state index in [1.165, 1.54) is 12.4 Å². The summed E-state index contributed by atoms with van der Waals surface area (Å²) >= 11 is 0. The summed E-state index contributed by atoms with van der Waals surface area (Å²) in [6, 6.07) is 0. The normalized spacial score (nSPS) is 12.9. The van der Waals surface area contributed by atoms with Gasteiger partial charge in [0.15, 0.2) is 11.5 Å². The van der Waals surface area contributed by atoms with Gasteiger partial charge in [-0.25, -0.2) is 15.0 Å². The first-order chi connectivity index (χ1) is 7.22. The molecule has 0 unspecified atom stereocenters. The largest absolute Gasteiger partial charge is 0.387 e. The highest BCUT2D eigenvalue weighted by molar-refractivity contribution is 5.81. The molecule has 0 amide bonds. The lowest BCUT2D eigenvalue weighted by molar-refractivity contribution is 0.203. The van der Waals surface area contributed by atoms with E-state index in [1.807, 2.05) is 0 Å². The first kappa shape index (κ1) is 9.60. The highest BCUT2D eigenvalue weighted by atomic mass is 16.3. The highest BCUT2D eigenvalue weighted by Gasteiger charge is 2.09. The van der Waals surface area contributed by atoms with Crippen LogP contribution in [0.4, 0.5) is 5.82 Å². The third-order valence-corrected chi connectivity index (χ3v) is 2.09. The summed E-state index contributed by atoms with van der Waals surface area (Å²) in [6.45, 7) is 3.86. The van der Waals surface area contributed by atoms with Crippen LogP contribution < -0.4 is 5.73 Å². The molecule has 0 aliphatic carbocycles. The van der Waals surface area contributed by atoms with Gasteiger partial charge in [-0.1, -0.05) is 6.08 Å². The summed E-state index contributed by atoms with van der Waals surface area (Å²) in [5.41, 5.74) is 6.79. The average molecular weight is 205 g/mol. The standard InChI is InChI=1S/C9H11N5O/c1-2-6(15)3-14-5-13-7-8(10)11-4-12-9(7)14/h2,4-6,15H,1,3H2,(H2,10,11,12)/t6-/m1/s1. The Morgan fingerprint density at radius 2 is 2.33 bits per heavy atom. The molecule has 78 valence electrons. The van der Waals surface area contributed by atoms with Crippen molar-refractivity contribution >= 4 is 17.0 Å². The molecule has 0 aromatic carbocycles. The lowest BCUT2D eigenvalue weighted by atomic mass is 10.3. The fourth-order valence-corrected chi connectivity index (χ4v) is 1.31. The number of nitrogens with zero attached hydrogens (tertiary/aromatic N) is 4. The maximum Gasteiger partial charge on any atom is 0.165 e. The lowest BCUT2D eigenvalue weighted by Gasteiger charge is -2.06. The van der Waals surface area contributed by atoms with E-state index in [4.69, 9.17) is 5.73 Å². The van der Waals surface area contributed by atoms with E-state index in [0.717, 1.165) is 0 Å². The van der Waals surface area contributed by atoms with Gasteiger partial charge >= 0.3 is 0 Å². The molecule has 2 rings (SSSR count). The Hall–Kier alpha value is -1.95. The zero-order valence-electron chi connectivity index (χ0n) is 8.04. The number of fused-ring (bicyclic) bond motifs is 1. The van der Waals surface area contributed by atoms with Gasteiger partial charge in [0.25, 0.3) is 0 Å². The Morgan fingerprint density at radius 1 is 1.53 bits per heavy atom. The number of anilines is 1. The number of aromatic nitrogens is 4. The molecule has 6 heteroatoms. The highest BCUT2D eigenvalue weighted by Crippen LogP contribution is 2.14. The maximum absolute atomic E-state index is 9.42. The summed E-state index contributed by atoms with van der Waals surface area (Å²) in [4.78, 5) is 12.0. The van der Waals surface area contributed by atoms with Crippen molar-refractivity contribution < 1.29 is 5.11 Å². The van der Waals surface area contributed by atoms with Gasteiger partial charge in [0, 0.05) is 0 Å². The van der Waals surface area contributed by atoms with Gasteiger partial charge in [-0.3, -0.25) is 0 Å². The molecule has 6 nitrogen and oxygen atoms in total. The van der Waals surface area contributed by atoms with Crippen LogP contribution in [0.3, 0.4) is 0 Å². The monoisotopic (exact) mass is 205 g/mol. The van der Waals surface area contributed by atoms with E-state index in [-0.39, 0.29) is 0 Å². The number of aliphatic hydroxyl groups is 1. The van der Waals surface area contributed by atoms with Gasteiger partial charge < -0.3 is 15.4 Å². The van der Waals surface area contributed by atoms with Gasteiger partial charge in [0.2, 0.25) is 0 Å². The molecule has 3 N–H and O–H groups in total. The molecule has 0 spiro atoms. The molecule has 0 fully saturated rings. The predicted molar refractivity (Wildman–Crippen MR) is 55.9 cm³/mol. The third-order valence-electron chi connectivity index (χ3n) is 2.09. The van der Waals surface area contributed by atoms with E-state index in [9.17, 15) is 5.11 Å². The van der Waals surface area contributed by atoms with Crippen LogP contribution in [0.15, 0.2) is 25.3 Å². The van der Waals surface area contributed by atoms with Crippen molar-refractivity contribution in [1.29, 1.82) is 0 Å². The second kappa shape index (κ2) is 3.66. The Bertz CT molecular complexity index is 492. The van der Waals surface area contributed by atoms with Crippen molar-refractivity contribution in [2.45, 2.75) is 12.6 Å². The number of imidazole rings is 1. The van der Waals surface area contributed by atoms with Gasteiger partial charge in [0.05, 0.1) is 19.0 Å². The van der Waals surface area contributed by atoms with Crippen molar-refractivity contribution in [2.75, 3.05) is 5.73 Å². The molecule has 0 radical (unpaired) electrons. The molecular weight excluding hydrogens is 194 g/mol. The van der Waals surface area contributed by atoms with E-state index in [2.05, 4.69) is 21.5 Å². The minimum atomic E-state index is -0.626. The summed E-state index contributed by atoms with van der Waals surface area (Å²) < 4.78 is 1.71. The summed E-state index contributed by atoms with van der Waals surface area (Å²) in [6.07, 6.45) is 3.77.